The number of carbonyl (C=O) groups is 1. The van der Waals surface area contributed by atoms with Crippen molar-refractivity contribution in [2.24, 2.45) is 0 Å². The first-order valence-corrected chi connectivity index (χ1v) is 11.9. The molecule has 9 heteroatoms. The lowest BCUT2D eigenvalue weighted by Gasteiger charge is -2.38. The van der Waals surface area contributed by atoms with Gasteiger partial charge in [-0.15, -0.1) is 11.3 Å². The summed E-state index contributed by atoms with van der Waals surface area (Å²) in [5, 5.41) is 6.23. The standard InChI is InChI=1S/C26H24N4O4S/c1-4-25(31)30-13-17(14-30)34-23-11-18-19(12-22(23)33-3)27-15-28-26(18)29-20-10-16(7-8-21(20)32-2)24-6-5-9-35-24/h4-12,15,17H,1,13-14H2,2-3H3,(H,27,28,29). The van der Waals surface area contributed by atoms with E-state index in [2.05, 4.69) is 27.9 Å². The van der Waals surface area contributed by atoms with Gasteiger partial charge < -0.3 is 24.4 Å². The molecule has 0 atom stereocenters. The number of ether oxygens (including phenoxy) is 3. The number of benzene rings is 2. The molecule has 1 N–H and O–H groups in total. The molecule has 0 unspecified atom stereocenters. The summed E-state index contributed by atoms with van der Waals surface area (Å²) in [6.07, 6.45) is 2.68. The van der Waals surface area contributed by atoms with Crippen LogP contribution in [0, 0.1) is 0 Å². The van der Waals surface area contributed by atoms with Gasteiger partial charge in [-0.25, -0.2) is 9.97 Å². The van der Waals surface area contributed by atoms with Gasteiger partial charge in [-0.3, -0.25) is 4.79 Å². The Morgan fingerprint density at radius 3 is 2.66 bits per heavy atom. The molecular formula is C26H24N4O4S. The number of aromatic nitrogens is 2. The third kappa shape index (κ3) is 4.50. The average Bonchev–Trinajstić information content (AvgIpc) is 3.40. The molecule has 8 nitrogen and oxygen atoms in total. The van der Waals surface area contributed by atoms with Crippen molar-refractivity contribution < 1.29 is 19.0 Å². The van der Waals surface area contributed by atoms with Gasteiger partial charge in [0.1, 0.15) is 24.0 Å². The first-order chi connectivity index (χ1) is 17.1. The number of methoxy groups -OCH3 is 2. The van der Waals surface area contributed by atoms with Crippen LogP contribution in [0.4, 0.5) is 11.5 Å². The van der Waals surface area contributed by atoms with Crippen LogP contribution in [0.15, 0.2) is 66.8 Å². The maximum atomic E-state index is 11.8. The number of rotatable bonds is 8. The van der Waals surface area contributed by atoms with Crippen LogP contribution in [-0.4, -0.2) is 54.2 Å². The number of amides is 1. The van der Waals surface area contributed by atoms with Gasteiger partial charge in [-0.05, 0) is 47.4 Å². The SMILES string of the molecule is C=CC(=O)N1CC(Oc2cc3c(Nc4cc(-c5cccs5)ccc4OC)ncnc3cc2OC)C1. The van der Waals surface area contributed by atoms with Gasteiger partial charge in [-0.1, -0.05) is 12.6 Å². The second-order valence-corrected chi connectivity index (χ2v) is 8.89. The predicted octanol–water partition coefficient (Wildman–Crippen LogP) is 4.89. The number of likely N-dealkylation sites (tertiary alicyclic amines) is 1. The smallest absolute Gasteiger partial charge is 0.246 e. The quantitative estimate of drug-likeness (QED) is 0.353. The highest BCUT2D eigenvalue weighted by molar-refractivity contribution is 7.13. The molecule has 0 aliphatic carbocycles. The third-order valence-corrected chi connectivity index (χ3v) is 6.73. The van der Waals surface area contributed by atoms with Crippen molar-refractivity contribution in [3.63, 3.8) is 0 Å². The van der Waals surface area contributed by atoms with Crippen molar-refractivity contribution in [2.45, 2.75) is 6.10 Å². The zero-order valence-electron chi connectivity index (χ0n) is 19.4. The molecule has 178 valence electrons. The molecule has 0 spiro atoms. The Bertz CT molecular complexity index is 1380. The van der Waals surface area contributed by atoms with Crippen molar-refractivity contribution in [1.82, 2.24) is 14.9 Å². The molecular weight excluding hydrogens is 464 g/mol. The van der Waals surface area contributed by atoms with E-state index in [0.29, 0.717) is 41.7 Å². The van der Waals surface area contributed by atoms with Crippen LogP contribution in [-0.2, 0) is 4.79 Å². The van der Waals surface area contributed by atoms with Gasteiger partial charge in [0.15, 0.2) is 11.5 Å². The van der Waals surface area contributed by atoms with Crippen molar-refractivity contribution >= 4 is 39.7 Å². The Kier molecular flexibility index (Phi) is 6.24. The van der Waals surface area contributed by atoms with E-state index in [0.717, 1.165) is 21.5 Å². The third-order valence-electron chi connectivity index (χ3n) is 5.81. The van der Waals surface area contributed by atoms with E-state index in [1.54, 1.807) is 30.5 Å². The van der Waals surface area contributed by atoms with Gasteiger partial charge in [-0.2, -0.15) is 0 Å². The van der Waals surface area contributed by atoms with Crippen LogP contribution in [0.25, 0.3) is 21.3 Å². The maximum absolute atomic E-state index is 11.8. The molecule has 2 aromatic carbocycles. The highest BCUT2D eigenvalue weighted by atomic mass is 32.1. The van der Waals surface area contributed by atoms with Gasteiger partial charge >= 0.3 is 0 Å². The largest absolute Gasteiger partial charge is 0.495 e. The van der Waals surface area contributed by atoms with E-state index in [4.69, 9.17) is 14.2 Å². The van der Waals surface area contributed by atoms with E-state index in [1.165, 1.54) is 12.4 Å². The number of hydrogen-bond acceptors (Lipinski definition) is 8. The zero-order valence-corrected chi connectivity index (χ0v) is 20.2. The summed E-state index contributed by atoms with van der Waals surface area (Å²) in [5.41, 5.74) is 2.57. The van der Waals surface area contributed by atoms with E-state index in [9.17, 15) is 4.79 Å². The monoisotopic (exact) mass is 488 g/mol. The fourth-order valence-electron chi connectivity index (χ4n) is 3.95. The molecule has 1 aliphatic heterocycles. The molecule has 35 heavy (non-hydrogen) atoms. The molecule has 2 aromatic heterocycles. The van der Waals surface area contributed by atoms with Crippen LogP contribution in [0.3, 0.4) is 0 Å². The number of nitrogens with one attached hydrogen (secondary N) is 1. The van der Waals surface area contributed by atoms with Crippen LogP contribution >= 0.6 is 11.3 Å². The number of fused-ring (bicyclic) bond motifs is 1. The minimum absolute atomic E-state index is 0.103. The summed E-state index contributed by atoms with van der Waals surface area (Å²) >= 11 is 1.68. The summed E-state index contributed by atoms with van der Waals surface area (Å²) < 4.78 is 17.3. The Labute approximate surface area is 206 Å². The van der Waals surface area contributed by atoms with E-state index >= 15 is 0 Å². The molecule has 1 saturated heterocycles. The summed E-state index contributed by atoms with van der Waals surface area (Å²) in [6, 6.07) is 13.8. The first kappa shape index (κ1) is 22.7. The molecule has 1 fully saturated rings. The van der Waals surface area contributed by atoms with Crippen molar-refractivity contribution in [2.75, 3.05) is 32.6 Å². The molecule has 1 aliphatic rings. The van der Waals surface area contributed by atoms with Gasteiger partial charge in [0, 0.05) is 16.3 Å². The van der Waals surface area contributed by atoms with Gasteiger partial charge in [0.25, 0.3) is 0 Å². The second-order valence-electron chi connectivity index (χ2n) is 7.95. The molecule has 1 amide bonds. The van der Waals surface area contributed by atoms with Crippen LogP contribution in [0.1, 0.15) is 0 Å². The fraction of sp³-hybridized carbons (Fsp3) is 0.192. The van der Waals surface area contributed by atoms with Crippen molar-refractivity contribution in [3.8, 4) is 27.7 Å². The Morgan fingerprint density at radius 2 is 1.94 bits per heavy atom. The number of anilines is 2. The van der Waals surface area contributed by atoms with E-state index in [-0.39, 0.29) is 12.0 Å². The average molecular weight is 489 g/mol. The van der Waals surface area contributed by atoms with Crippen LogP contribution in [0.2, 0.25) is 0 Å². The second kappa shape index (κ2) is 9.63. The number of hydrogen-bond donors (Lipinski definition) is 1. The Balaban J connectivity index is 1.47. The molecule has 3 heterocycles. The molecule has 4 aromatic rings. The first-order valence-electron chi connectivity index (χ1n) is 11.0. The van der Waals surface area contributed by atoms with Gasteiger partial charge in [0.2, 0.25) is 5.91 Å². The summed E-state index contributed by atoms with van der Waals surface area (Å²) in [4.78, 5) is 23.5. The summed E-state index contributed by atoms with van der Waals surface area (Å²) in [6.45, 7) is 4.52. The highest BCUT2D eigenvalue weighted by Crippen LogP contribution is 2.38. The van der Waals surface area contributed by atoms with E-state index < -0.39 is 0 Å². The number of nitrogens with zero attached hydrogens (tertiary/aromatic N) is 3. The highest BCUT2D eigenvalue weighted by Gasteiger charge is 2.31. The lowest BCUT2D eigenvalue weighted by atomic mass is 10.1. The normalized spacial score (nSPS) is 13.3. The van der Waals surface area contributed by atoms with Crippen LogP contribution < -0.4 is 19.5 Å². The van der Waals surface area contributed by atoms with Crippen LogP contribution in [0.5, 0.6) is 17.2 Å². The number of carbonyl (C=O) groups excluding carboxylic acids is 1. The Morgan fingerprint density at radius 1 is 1.11 bits per heavy atom. The predicted molar refractivity (Wildman–Crippen MR) is 137 cm³/mol. The lowest BCUT2D eigenvalue weighted by molar-refractivity contribution is -0.134. The molecule has 0 radical (unpaired) electrons. The zero-order chi connectivity index (χ0) is 24.4. The molecule has 5 rings (SSSR count). The van der Waals surface area contributed by atoms with Gasteiger partial charge in [0.05, 0.1) is 38.5 Å². The molecule has 0 saturated carbocycles. The minimum Gasteiger partial charge on any atom is -0.495 e. The number of thiophene rings is 1. The van der Waals surface area contributed by atoms with Crippen molar-refractivity contribution in [1.29, 1.82) is 0 Å². The topological polar surface area (TPSA) is 85.8 Å². The summed E-state index contributed by atoms with van der Waals surface area (Å²) in [5.74, 6) is 2.33. The minimum atomic E-state index is -0.131. The maximum Gasteiger partial charge on any atom is 0.246 e. The fourth-order valence-corrected chi connectivity index (χ4v) is 4.67. The van der Waals surface area contributed by atoms with Crippen molar-refractivity contribution in [3.05, 3.63) is 66.8 Å². The Hall–Kier alpha value is -4.11. The summed E-state index contributed by atoms with van der Waals surface area (Å²) in [7, 11) is 3.23. The molecule has 0 bridgehead atoms. The lowest BCUT2D eigenvalue weighted by Crippen LogP contribution is -2.55. The van der Waals surface area contributed by atoms with E-state index in [1.807, 2.05) is 41.8 Å².